The van der Waals surface area contributed by atoms with Crippen LogP contribution in [-0.2, 0) is 6.54 Å². The normalized spacial score (nSPS) is 10.5. The van der Waals surface area contributed by atoms with E-state index >= 15 is 0 Å². The van der Waals surface area contributed by atoms with Crippen LogP contribution in [0.15, 0.2) is 41.2 Å². The molecule has 2 rings (SSSR count). The molecule has 0 saturated heterocycles. The predicted molar refractivity (Wildman–Crippen MR) is 78.1 cm³/mol. The molecule has 0 fully saturated rings. The zero-order valence-corrected chi connectivity index (χ0v) is 11.6. The molecular formula is C16H17NO3. The third kappa shape index (κ3) is 2.50. The van der Waals surface area contributed by atoms with E-state index in [4.69, 9.17) is 0 Å². The number of rotatable bonds is 4. The molecule has 104 valence electrons. The number of carboxylic acids is 1. The van der Waals surface area contributed by atoms with Gasteiger partial charge in [-0.1, -0.05) is 37.3 Å². The summed E-state index contributed by atoms with van der Waals surface area (Å²) in [7, 11) is 0. The van der Waals surface area contributed by atoms with Gasteiger partial charge in [0, 0.05) is 18.3 Å². The maximum absolute atomic E-state index is 12.0. The van der Waals surface area contributed by atoms with Crippen molar-refractivity contribution in [3.63, 3.8) is 0 Å². The van der Waals surface area contributed by atoms with Crippen molar-refractivity contribution in [3.8, 4) is 11.3 Å². The molecule has 1 N–H and O–H groups in total. The largest absolute Gasteiger partial charge is 0.477 e. The highest BCUT2D eigenvalue weighted by Gasteiger charge is 2.18. The van der Waals surface area contributed by atoms with Crippen LogP contribution in [0, 0.1) is 6.92 Å². The number of carbonyl (C=O) groups is 1. The van der Waals surface area contributed by atoms with Crippen LogP contribution in [0.25, 0.3) is 11.3 Å². The van der Waals surface area contributed by atoms with Gasteiger partial charge >= 0.3 is 5.97 Å². The lowest BCUT2D eigenvalue weighted by Gasteiger charge is -2.18. The number of nitrogens with zero attached hydrogens (tertiary/aromatic N) is 1. The Hall–Kier alpha value is -2.36. The first kappa shape index (κ1) is 14.1. The van der Waals surface area contributed by atoms with Crippen LogP contribution < -0.4 is 5.43 Å². The van der Waals surface area contributed by atoms with Gasteiger partial charge in [0.05, 0.1) is 5.69 Å². The molecule has 1 heterocycles. The molecule has 4 nitrogen and oxygen atoms in total. The molecule has 0 aliphatic carbocycles. The second-order valence-corrected chi connectivity index (χ2v) is 4.68. The van der Waals surface area contributed by atoms with Gasteiger partial charge in [0.2, 0.25) is 0 Å². The molecule has 0 amide bonds. The van der Waals surface area contributed by atoms with Crippen molar-refractivity contribution >= 4 is 5.97 Å². The highest BCUT2D eigenvalue weighted by atomic mass is 16.4. The SMILES string of the molecule is CCCn1c(-c2ccccc2)cc(=O)c(C(=O)O)c1C. The van der Waals surface area contributed by atoms with Crippen molar-refractivity contribution in [2.45, 2.75) is 26.8 Å². The molecule has 0 aliphatic heterocycles. The minimum Gasteiger partial charge on any atom is -0.477 e. The lowest BCUT2D eigenvalue weighted by atomic mass is 10.1. The number of aromatic carboxylic acids is 1. The fraction of sp³-hybridized carbons (Fsp3) is 0.250. The molecule has 1 aromatic carbocycles. The van der Waals surface area contributed by atoms with Crippen LogP contribution >= 0.6 is 0 Å². The minimum absolute atomic E-state index is 0.141. The Balaban J connectivity index is 2.76. The zero-order chi connectivity index (χ0) is 14.7. The maximum Gasteiger partial charge on any atom is 0.341 e. The van der Waals surface area contributed by atoms with Gasteiger partial charge in [-0.2, -0.15) is 0 Å². The predicted octanol–water partition coefficient (Wildman–Crippen LogP) is 2.93. The summed E-state index contributed by atoms with van der Waals surface area (Å²) < 4.78 is 1.90. The molecule has 20 heavy (non-hydrogen) atoms. The topological polar surface area (TPSA) is 59.3 Å². The summed E-state index contributed by atoms with van der Waals surface area (Å²) in [4.78, 5) is 23.3. The van der Waals surface area contributed by atoms with Crippen LogP contribution in [0.4, 0.5) is 0 Å². The second kappa shape index (κ2) is 5.74. The summed E-state index contributed by atoms with van der Waals surface area (Å²) in [5.74, 6) is -1.17. The standard InChI is InChI=1S/C16H17NO3/c1-3-9-17-11(2)15(16(19)20)14(18)10-13(17)12-7-5-4-6-8-12/h4-8,10H,3,9H2,1-2H3,(H,19,20). The number of hydrogen-bond acceptors (Lipinski definition) is 2. The van der Waals surface area contributed by atoms with Gasteiger partial charge in [0.25, 0.3) is 0 Å². The second-order valence-electron chi connectivity index (χ2n) is 4.68. The molecule has 1 aromatic heterocycles. The van der Waals surface area contributed by atoms with E-state index in [0.717, 1.165) is 17.7 Å². The van der Waals surface area contributed by atoms with E-state index in [1.54, 1.807) is 6.92 Å². The van der Waals surface area contributed by atoms with Crippen LogP contribution in [0.1, 0.15) is 29.4 Å². The smallest absolute Gasteiger partial charge is 0.341 e. The van der Waals surface area contributed by atoms with Crippen LogP contribution in [0.2, 0.25) is 0 Å². The van der Waals surface area contributed by atoms with E-state index in [2.05, 4.69) is 0 Å². The Morgan fingerprint density at radius 3 is 2.45 bits per heavy atom. The Kier molecular flexibility index (Phi) is 4.03. The van der Waals surface area contributed by atoms with Crippen molar-refractivity contribution < 1.29 is 9.90 Å². The zero-order valence-electron chi connectivity index (χ0n) is 11.6. The average Bonchev–Trinajstić information content (AvgIpc) is 2.42. The molecule has 0 bridgehead atoms. The van der Waals surface area contributed by atoms with E-state index in [-0.39, 0.29) is 5.56 Å². The number of hydrogen-bond donors (Lipinski definition) is 1. The fourth-order valence-corrected chi connectivity index (χ4v) is 2.39. The number of aromatic nitrogens is 1. The lowest BCUT2D eigenvalue weighted by molar-refractivity contribution is 0.0693. The van der Waals surface area contributed by atoms with Gasteiger partial charge in [-0.25, -0.2) is 4.79 Å². The summed E-state index contributed by atoms with van der Waals surface area (Å²) in [6.07, 6.45) is 0.864. The monoisotopic (exact) mass is 271 g/mol. The Labute approximate surface area is 117 Å². The van der Waals surface area contributed by atoms with Crippen molar-refractivity contribution in [2.24, 2.45) is 0 Å². The van der Waals surface area contributed by atoms with E-state index < -0.39 is 11.4 Å². The van der Waals surface area contributed by atoms with Crippen LogP contribution in [0.5, 0.6) is 0 Å². The Bertz CT molecular complexity index is 687. The first-order valence-electron chi connectivity index (χ1n) is 6.59. The maximum atomic E-state index is 12.0. The van der Waals surface area contributed by atoms with E-state index in [9.17, 15) is 14.7 Å². The highest BCUT2D eigenvalue weighted by molar-refractivity contribution is 5.89. The van der Waals surface area contributed by atoms with Gasteiger partial charge in [-0.15, -0.1) is 0 Å². The van der Waals surface area contributed by atoms with Crippen molar-refractivity contribution in [2.75, 3.05) is 0 Å². The van der Waals surface area contributed by atoms with Crippen LogP contribution in [-0.4, -0.2) is 15.6 Å². The summed E-state index contributed by atoms with van der Waals surface area (Å²) in [5, 5.41) is 9.19. The molecule has 0 atom stereocenters. The number of benzene rings is 1. The van der Waals surface area contributed by atoms with E-state index in [1.165, 1.54) is 6.07 Å². The third-order valence-electron chi connectivity index (χ3n) is 3.30. The number of carboxylic acid groups (broad SMARTS) is 1. The molecule has 0 radical (unpaired) electrons. The van der Waals surface area contributed by atoms with Gasteiger partial charge in [-0.3, -0.25) is 4.79 Å². The summed E-state index contributed by atoms with van der Waals surface area (Å²) in [5.41, 5.74) is 1.60. The van der Waals surface area contributed by atoms with Gasteiger partial charge in [-0.05, 0) is 18.9 Å². The Morgan fingerprint density at radius 1 is 1.25 bits per heavy atom. The first-order valence-corrected chi connectivity index (χ1v) is 6.59. The van der Waals surface area contributed by atoms with Gasteiger partial charge in [0.15, 0.2) is 5.43 Å². The quantitative estimate of drug-likeness (QED) is 0.930. The molecular weight excluding hydrogens is 254 g/mol. The van der Waals surface area contributed by atoms with Gasteiger partial charge in [0.1, 0.15) is 5.56 Å². The molecule has 4 heteroatoms. The summed E-state index contributed by atoms with van der Waals surface area (Å²) >= 11 is 0. The summed E-state index contributed by atoms with van der Waals surface area (Å²) in [6, 6.07) is 11.0. The van der Waals surface area contributed by atoms with Crippen molar-refractivity contribution in [3.05, 3.63) is 57.9 Å². The molecule has 0 aliphatic rings. The molecule has 2 aromatic rings. The first-order chi connectivity index (χ1) is 9.56. The molecule has 0 spiro atoms. The average molecular weight is 271 g/mol. The fourth-order valence-electron chi connectivity index (χ4n) is 2.39. The minimum atomic E-state index is -1.17. The lowest BCUT2D eigenvalue weighted by Crippen LogP contribution is -2.22. The molecule has 0 saturated carbocycles. The number of pyridine rings is 1. The molecule has 0 unspecified atom stereocenters. The third-order valence-corrected chi connectivity index (χ3v) is 3.30. The van der Waals surface area contributed by atoms with Crippen LogP contribution in [0.3, 0.4) is 0 Å². The van der Waals surface area contributed by atoms with Crippen molar-refractivity contribution in [1.82, 2.24) is 4.57 Å². The van der Waals surface area contributed by atoms with E-state index in [1.807, 2.05) is 41.8 Å². The summed E-state index contributed by atoms with van der Waals surface area (Å²) in [6.45, 7) is 4.39. The highest BCUT2D eigenvalue weighted by Crippen LogP contribution is 2.21. The van der Waals surface area contributed by atoms with Crippen molar-refractivity contribution in [1.29, 1.82) is 0 Å². The van der Waals surface area contributed by atoms with Gasteiger partial charge < -0.3 is 9.67 Å². The Morgan fingerprint density at radius 2 is 1.90 bits per heavy atom. The van der Waals surface area contributed by atoms with E-state index in [0.29, 0.717) is 12.2 Å².